The Morgan fingerprint density at radius 2 is 1.80 bits per heavy atom. The smallest absolute Gasteiger partial charge is 0.169 e. The topological polar surface area (TPSA) is 26.3 Å². The van der Waals surface area contributed by atoms with Crippen molar-refractivity contribution in [3.8, 4) is 0 Å². The van der Waals surface area contributed by atoms with Gasteiger partial charge in [-0.3, -0.25) is 10.7 Å². The van der Waals surface area contributed by atoms with E-state index in [4.69, 9.17) is 4.74 Å². The number of hydrogen-bond donors (Lipinski definition) is 0. The Kier molecular flexibility index (Phi) is 8.06. The molecule has 0 saturated heterocycles. The van der Waals surface area contributed by atoms with Gasteiger partial charge in [0.05, 0.1) is 6.10 Å². The monoisotopic (exact) mass is 218 g/mol. The molecule has 0 aliphatic rings. The third kappa shape index (κ3) is 6.56. The van der Waals surface area contributed by atoms with Crippen LogP contribution in [0.4, 0.5) is 0 Å². The minimum Gasteiger partial charge on any atom is -0.485 e. The summed E-state index contributed by atoms with van der Waals surface area (Å²) in [7, 11) is 0. The molecule has 3 heteroatoms. The van der Waals surface area contributed by atoms with Crippen LogP contribution in [0.15, 0.2) is 0 Å². The van der Waals surface area contributed by atoms with Crippen molar-refractivity contribution in [3.63, 3.8) is 0 Å². The molecule has 0 aromatic carbocycles. The normalized spacial score (nSPS) is 8.50. The van der Waals surface area contributed by atoms with Gasteiger partial charge in [-0.15, -0.1) is 0 Å². The van der Waals surface area contributed by atoms with E-state index in [0.29, 0.717) is 5.92 Å². The zero-order chi connectivity index (χ0) is 7.44. The third-order valence-electron chi connectivity index (χ3n) is 0.751. The number of ether oxygens (including phenoxy) is 1. The van der Waals surface area contributed by atoms with Crippen molar-refractivity contribution in [1.82, 2.24) is 0 Å². The minimum absolute atomic E-state index is 0. The fourth-order valence-electron chi connectivity index (χ4n) is 0.332. The minimum atomic E-state index is -0.204. The van der Waals surface area contributed by atoms with Crippen LogP contribution in [0.3, 0.4) is 0 Å². The molecule has 1 radical (unpaired) electrons. The second-order valence-electron chi connectivity index (χ2n) is 2.45. The van der Waals surface area contributed by atoms with Gasteiger partial charge >= 0.3 is 0 Å². The van der Waals surface area contributed by atoms with E-state index in [9.17, 15) is 4.79 Å². The summed E-state index contributed by atoms with van der Waals surface area (Å²) >= 11 is 0. The maximum atomic E-state index is 10.7. The first-order chi connectivity index (χ1) is 4.04. The zero-order valence-electron chi connectivity index (χ0n) is 6.97. The Balaban J connectivity index is 0. The summed E-state index contributed by atoms with van der Waals surface area (Å²) in [5, 5.41) is 0. The van der Waals surface area contributed by atoms with Crippen molar-refractivity contribution in [2.75, 3.05) is 0 Å². The summed E-state index contributed by atoms with van der Waals surface area (Å²) in [5.74, 6) is 0.494. The predicted molar refractivity (Wildman–Crippen MR) is 35.8 cm³/mol. The van der Waals surface area contributed by atoms with Crippen molar-refractivity contribution >= 4 is 5.97 Å². The molecule has 0 spiro atoms. The van der Waals surface area contributed by atoms with Crippen molar-refractivity contribution in [3.05, 3.63) is 5.92 Å². The summed E-state index contributed by atoms with van der Waals surface area (Å²) in [6.07, 6.45) is -0.00704. The molecule has 0 aromatic heterocycles. The molecule has 10 heavy (non-hydrogen) atoms. The molecule has 0 aromatic rings. The summed E-state index contributed by atoms with van der Waals surface area (Å²) in [4.78, 5) is 10.7. The van der Waals surface area contributed by atoms with Crippen molar-refractivity contribution in [2.45, 2.75) is 33.8 Å². The first kappa shape index (κ1) is 13.1. The van der Waals surface area contributed by atoms with Gasteiger partial charge in [-0.05, 0) is 13.8 Å². The van der Waals surface area contributed by atoms with E-state index in [1.165, 1.54) is 0 Å². The predicted octanol–water partition coefficient (Wildman–Crippen LogP) is 1.55. The molecule has 0 N–H and O–H groups in total. The second kappa shape index (κ2) is 6.17. The quantitative estimate of drug-likeness (QED) is 0.519. The summed E-state index contributed by atoms with van der Waals surface area (Å²) in [6, 6.07) is 0. The largest absolute Gasteiger partial charge is 0.485 e. The van der Waals surface area contributed by atoms with E-state index >= 15 is 0 Å². The molecule has 0 amide bonds. The fraction of sp³-hybridized carbons (Fsp3) is 0.714. The van der Waals surface area contributed by atoms with Gasteiger partial charge in [-0.25, -0.2) is 0 Å². The number of hydrogen-bond acceptors (Lipinski definition) is 2. The van der Waals surface area contributed by atoms with Gasteiger partial charge in [-0.2, -0.15) is 13.8 Å². The standard InChI is InChI=1S/C7H13O2.Y/c1-5(2)7(8)9-6(3)4;/h6H,1-4H3;/q-1;. The van der Waals surface area contributed by atoms with Crippen LogP contribution in [0.1, 0.15) is 27.7 Å². The van der Waals surface area contributed by atoms with Gasteiger partial charge in [0.25, 0.3) is 0 Å². The van der Waals surface area contributed by atoms with Crippen LogP contribution in [0.25, 0.3) is 0 Å². The average molecular weight is 218 g/mol. The molecule has 0 rings (SSSR count). The van der Waals surface area contributed by atoms with E-state index in [2.05, 4.69) is 0 Å². The van der Waals surface area contributed by atoms with Crippen LogP contribution in [-0.4, -0.2) is 12.1 Å². The zero-order valence-corrected chi connectivity index (χ0v) is 9.81. The van der Waals surface area contributed by atoms with Crippen LogP contribution in [0, 0.1) is 5.92 Å². The van der Waals surface area contributed by atoms with Crippen molar-refractivity contribution < 1.29 is 42.2 Å². The summed E-state index contributed by atoms with van der Waals surface area (Å²) < 4.78 is 4.84. The Bertz CT molecular complexity index is 99.8. The number of rotatable bonds is 2. The van der Waals surface area contributed by atoms with E-state index in [1.54, 1.807) is 13.8 Å². The van der Waals surface area contributed by atoms with E-state index < -0.39 is 0 Å². The third-order valence-corrected chi connectivity index (χ3v) is 0.751. The Morgan fingerprint density at radius 1 is 1.40 bits per heavy atom. The van der Waals surface area contributed by atoms with Gasteiger partial charge in [0, 0.05) is 32.7 Å². The summed E-state index contributed by atoms with van der Waals surface area (Å²) in [6.45, 7) is 7.15. The van der Waals surface area contributed by atoms with Crippen LogP contribution in [-0.2, 0) is 42.2 Å². The molecule has 0 aliphatic carbocycles. The second-order valence-corrected chi connectivity index (χ2v) is 2.45. The fourth-order valence-corrected chi connectivity index (χ4v) is 0.332. The van der Waals surface area contributed by atoms with Gasteiger partial charge in [-0.1, -0.05) is 0 Å². The SMILES string of the molecule is C[C-](C)C(=O)OC(C)C.[Y]. The molecule has 0 saturated carbocycles. The Labute approximate surface area is 87.6 Å². The van der Waals surface area contributed by atoms with Crippen molar-refractivity contribution in [1.29, 1.82) is 0 Å². The summed E-state index contributed by atoms with van der Waals surface area (Å²) in [5.41, 5.74) is 0. The molecule has 0 bridgehead atoms. The maximum absolute atomic E-state index is 10.7. The Hall–Kier alpha value is 0.444. The van der Waals surface area contributed by atoms with Gasteiger partial charge in [0.1, 0.15) is 0 Å². The maximum Gasteiger partial charge on any atom is 0.169 e. The molecular formula is C7H13O2Y-. The van der Waals surface area contributed by atoms with Gasteiger partial charge in [0.2, 0.25) is 0 Å². The number of carbonyl (C=O) groups is 1. The molecular weight excluding hydrogens is 205 g/mol. The van der Waals surface area contributed by atoms with Crippen molar-refractivity contribution in [2.24, 2.45) is 0 Å². The molecule has 0 aliphatic heterocycles. The van der Waals surface area contributed by atoms with E-state index in [-0.39, 0.29) is 44.8 Å². The number of carbonyl (C=O) groups excluding carboxylic acids is 1. The van der Waals surface area contributed by atoms with E-state index in [0.717, 1.165) is 0 Å². The van der Waals surface area contributed by atoms with Gasteiger partial charge < -0.3 is 4.74 Å². The molecule has 0 fully saturated rings. The molecule has 57 valence electrons. The Morgan fingerprint density at radius 3 is 1.90 bits per heavy atom. The van der Waals surface area contributed by atoms with Crippen LogP contribution in [0.2, 0.25) is 0 Å². The van der Waals surface area contributed by atoms with Gasteiger partial charge in [0.15, 0.2) is 5.97 Å². The van der Waals surface area contributed by atoms with Crippen LogP contribution < -0.4 is 0 Å². The molecule has 0 atom stereocenters. The van der Waals surface area contributed by atoms with Crippen LogP contribution >= 0.6 is 0 Å². The average Bonchev–Trinajstić information content (AvgIpc) is 1.63. The van der Waals surface area contributed by atoms with E-state index in [1.807, 2.05) is 13.8 Å². The first-order valence-electron chi connectivity index (χ1n) is 3.05. The molecule has 2 nitrogen and oxygen atoms in total. The molecule has 0 heterocycles. The van der Waals surface area contributed by atoms with Crippen LogP contribution in [0.5, 0.6) is 0 Å². The first-order valence-corrected chi connectivity index (χ1v) is 3.05. The number of esters is 1. The molecule has 0 unspecified atom stereocenters.